The largest absolute Gasteiger partial charge is 0.251 e. The van der Waals surface area contributed by atoms with Crippen molar-refractivity contribution in [2.24, 2.45) is 0 Å². The minimum Gasteiger partial charge on any atom is -0.251 e. The predicted octanol–water partition coefficient (Wildman–Crippen LogP) is 4.07. The van der Waals surface area contributed by atoms with Crippen LogP contribution in [-0.2, 0) is 6.42 Å². The molecular weight excluding hydrogens is 297 g/mol. The number of benzene rings is 1. The second-order valence-corrected chi connectivity index (χ2v) is 4.60. The maximum absolute atomic E-state index is 13.3. The Labute approximate surface area is 96.8 Å². The van der Waals surface area contributed by atoms with Gasteiger partial charge < -0.3 is 0 Å². The van der Waals surface area contributed by atoms with Crippen LogP contribution in [0.5, 0.6) is 0 Å². The molecule has 78 valence electrons. The van der Waals surface area contributed by atoms with Crippen LogP contribution < -0.4 is 0 Å². The van der Waals surface area contributed by atoms with Crippen LogP contribution in [0.3, 0.4) is 0 Å². The minimum absolute atomic E-state index is 0.171. The highest BCUT2D eigenvalue weighted by Crippen LogP contribution is 2.26. The fourth-order valence-corrected chi connectivity index (χ4v) is 2.72. The molecule has 0 N–H and O–H groups in total. The zero-order chi connectivity index (χ0) is 10.7. The second kappa shape index (κ2) is 5.05. The van der Waals surface area contributed by atoms with Gasteiger partial charge in [-0.15, -0.1) is 0 Å². The lowest BCUT2D eigenvalue weighted by Gasteiger charge is -2.12. The van der Waals surface area contributed by atoms with Crippen LogP contribution in [-0.4, -0.2) is 6.67 Å². The first-order chi connectivity index (χ1) is 6.57. The molecular formula is C11H13F2I. The molecule has 0 aromatic heterocycles. The van der Waals surface area contributed by atoms with Gasteiger partial charge in [-0.3, -0.25) is 4.39 Å². The first-order valence-electron chi connectivity index (χ1n) is 4.60. The smallest absolute Gasteiger partial charge is 0.127 e. The molecule has 0 atom stereocenters. The number of rotatable bonds is 3. The molecule has 0 spiro atoms. The Morgan fingerprint density at radius 1 is 1.36 bits per heavy atom. The molecule has 0 saturated carbocycles. The Hall–Kier alpha value is -0.190. The van der Waals surface area contributed by atoms with Crippen LogP contribution in [0.2, 0.25) is 0 Å². The Balaban J connectivity index is 3.19. The van der Waals surface area contributed by atoms with Gasteiger partial charge in [-0.05, 0) is 40.1 Å². The van der Waals surface area contributed by atoms with E-state index in [1.165, 1.54) is 6.07 Å². The van der Waals surface area contributed by atoms with Crippen LogP contribution >= 0.6 is 22.6 Å². The molecule has 0 fully saturated rings. The summed E-state index contributed by atoms with van der Waals surface area (Å²) in [5, 5.41) is 0. The van der Waals surface area contributed by atoms with Crippen molar-refractivity contribution in [3.05, 3.63) is 32.6 Å². The van der Waals surface area contributed by atoms with E-state index in [2.05, 4.69) is 36.4 Å². The summed E-state index contributed by atoms with van der Waals surface area (Å²) < 4.78 is 26.4. The van der Waals surface area contributed by atoms with Gasteiger partial charge in [0.2, 0.25) is 0 Å². The first-order valence-corrected chi connectivity index (χ1v) is 5.68. The first kappa shape index (κ1) is 11.9. The quantitative estimate of drug-likeness (QED) is 0.739. The standard InChI is InChI=1S/C11H13F2I/c1-7(2)8-3-4-10(13)9(5-6-12)11(8)14/h3-4,7H,5-6H2,1-2H3. The van der Waals surface area contributed by atoms with E-state index in [0.29, 0.717) is 11.5 Å². The fraction of sp³-hybridized carbons (Fsp3) is 0.455. The van der Waals surface area contributed by atoms with E-state index in [4.69, 9.17) is 0 Å². The lowest BCUT2D eigenvalue weighted by molar-refractivity contribution is 0.484. The van der Waals surface area contributed by atoms with Crippen LogP contribution in [0.1, 0.15) is 30.9 Å². The summed E-state index contributed by atoms with van der Waals surface area (Å²) in [5.74, 6) is 0.0531. The van der Waals surface area contributed by atoms with Crippen molar-refractivity contribution in [2.45, 2.75) is 26.2 Å². The molecule has 0 aliphatic heterocycles. The van der Waals surface area contributed by atoms with E-state index >= 15 is 0 Å². The minimum atomic E-state index is -0.505. The van der Waals surface area contributed by atoms with Gasteiger partial charge in [0.25, 0.3) is 0 Å². The van der Waals surface area contributed by atoms with Gasteiger partial charge in [-0.1, -0.05) is 19.9 Å². The van der Waals surface area contributed by atoms with Gasteiger partial charge in [-0.2, -0.15) is 0 Å². The van der Waals surface area contributed by atoms with Crippen LogP contribution in [0, 0.1) is 9.39 Å². The molecule has 0 heterocycles. The molecule has 0 bridgehead atoms. The maximum Gasteiger partial charge on any atom is 0.127 e. The van der Waals surface area contributed by atoms with E-state index in [-0.39, 0.29) is 12.2 Å². The molecule has 0 amide bonds. The zero-order valence-corrected chi connectivity index (χ0v) is 10.4. The van der Waals surface area contributed by atoms with Crippen LogP contribution in [0.4, 0.5) is 8.78 Å². The topological polar surface area (TPSA) is 0 Å². The van der Waals surface area contributed by atoms with Crippen molar-refractivity contribution in [1.82, 2.24) is 0 Å². The number of hydrogen-bond acceptors (Lipinski definition) is 0. The molecule has 1 aromatic carbocycles. The van der Waals surface area contributed by atoms with Crippen molar-refractivity contribution >= 4 is 22.6 Å². The van der Waals surface area contributed by atoms with E-state index in [1.807, 2.05) is 0 Å². The molecule has 0 nitrogen and oxygen atoms in total. The van der Waals surface area contributed by atoms with Crippen molar-refractivity contribution < 1.29 is 8.78 Å². The van der Waals surface area contributed by atoms with Gasteiger partial charge in [0.15, 0.2) is 0 Å². The van der Waals surface area contributed by atoms with Crippen molar-refractivity contribution in [2.75, 3.05) is 6.67 Å². The average Bonchev–Trinajstić information content (AvgIpc) is 2.11. The second-order valence-electron chi connectivity index (χ2n) is 3.52. The molecule has 0 aliphatic rings. The predicted molar refractivity (Wildman–Crippen MR) is 62.9 cm³/mol. The summed E-state index contributed by atoms with van der Waals surface area (Å²) in [6, 6.07) is 3.21. The Kier molecular flexibility index (Phi) is 4.29. The molecule has 0 radical (unpaired) electrons. The van der Waals surface area contributed by atoms with Gasteiger partial charge in [0.05, 0.1) is 6.67 Å². The molecule has 0 unspecified atom stereocenters. The fourth-order valence-electron chi connectivity index (χ4n) is 1.39. The zero-order valence-electron chi connectivity index (χ0n) is 8.28. The number of alkyl halides is 1. The van der Waals surface area contributed by atoms with Crippen molar-refractivity contribution in [3.8, 4) is 0 Å². The normalized spacial score (nSPS) is 11.0. The third-order valence-electron chi connectivity index (χ3n) is 2.18. The third-order valence-corrected chi connectivity index (χ3v) is 3.46. The SMILES string of the molecule is CC(C)c1ccc(F)c(CCF)c1I. The molecule has 1 aromatic rings. The molecule has 0 aliphatic carbocycles. The summed E-state index contributed by atoms with van der Waals surface area (Å²) in [6.07, 6.45) is 0.171. The van der Waals surface area contributed by atoms with Crippen molar-refractivity contribution in [1.29, 1.82) is 0 Å². The number of hydrogen-bond donors (Lipinski definition) is 0. The van der Waals surface area contributed by atoms with Gasteiger partial charge in [0, 0.05) is 15.6 Å². The third kappa shape index (κ3) is 2.43. The summed E-state index contributed by atoms with van der Waals surface area (Å²) in [5.41, 5.74) is 1.61. The summed E-state index contributed by atoms with van der Waals surface area (Å²) in [6.45, 7) is 3.59. The van der Waals surface area contributed by atoms with Crippen molar-refractivity contribution in [3.63, 3.8) is 0 Å². The Morgan fingerprint density at radius 3 is 2.50 bits per heavy atom. The Bertz CT molecular complexity index is 321. The molecule has 3 heteroatoms. The highest BCUT2D eigenvalue weighted by Gasteiger charge is 2.12. The van der Waals surface area contributed by atoms with E-state index < -0.39 is 6.67 Å². The summed E-state index contributed by atoms with van der Waals surface area (Å²) in [7, 11) is 0. The Morgan fingerprint density at radius 2 is 2.00 bits per heavy atom. The summed E-state index contributed by atoms with van der Waals surface area (Å²) >= 11 is 2.10. The lowest BCUT2D eigenvalue weighted by atomic mass is 9.99. The van der Waals surface area contributed by atoms with Crippen LogP contribution in [0.15, 0.2) is 12.1 Å². The van der Waals surface area contributed by atoms with Crippen LogP contribution in [0.25, 0.3) is 0 Å². The van der Waals surface area contributed by atoms with Gasteiger partial charge in [0.1, 0.15) is 5.82 Å². The van der Waals surface area contributed by atoms with E-state index in [9.17, 15) is 8.78 Å². The lowest BCUT2D eigenvalue weighted by Crippen LogP contribution is -2.02. The molecule has 14 heavy (non-hydrogen) atoms. The highest BCUT2D eigenvalue weighted by atomic mass is 127. The van der Waals surface area contributed by atoms with E-state index in [1.54, 1.807) is 6.07 Å². The molecule has 1 rings (SSSR count). The highest BCUT2D eigenvalue weighted by molar-refractivity contribution is 14.1. The number of halogens is 3. The molecule has 0 saturated heterocycles. The maximum atomic E-state index is 13.3. The summed E-state index contributed by atoms with van der Waals surface area (Å²) in [4.78, 5) is 0. The van der Waals surface area contributed by atoms with Gasteiger partial charge >= 0.3 is 0 Å². The van der Waals surface area contributed by atoms with Gasteiger partial charge in [-0.25, -0.2) is 4.39 Å². The average molecular weight is 310 g/mol. The van der Waals surface area contributed by atoms with E-state index in [0.717, 1.165) is 9.13 Å². The monoisotopic (exact) mass is 310 g/mol.